The minimum atomic E-state index is -0.482. The molecule has 0 bridgehead atoms. The van der Waals surface area contributed by atoms with Gasteiger partial charge in [0.05, 0.1) is 31.2 Å². The highest BCUT2D eigenvalue weighted by Crippen LogP contribution is 2.33. The smallest absolute Gasteiger partial charge is 0.226 e. The van der Waals surface area contributed by atoms with Gasteiger partial charge in [-0.15, -0.1) is 0 Å². The molecule has 27 heavy (non-hydrogen) atoms. The molecule has 1 heterocycles. The number of amides is 1. The molecule has 1 fully saturated rings. The topological polar surface area (TPSA) is 71.6 Å². The Labute approximate surface area is 162 Å². The molecule has 1 amide bonds. The second kappa shape index (κ2) is 8.56. The van der Waals surface area contributed by atoms with E-state index in [1.807, 2.05) is 18.2 Å². The summed E-state index contributed by atoms with van der Waals surface area (Å²) in [6.07, 6.45) is 0. The summed E-state index contributed by atoms with van der Waals surface area (Å²) >= 11 is 5.78. The minimum Gasteiger partial charge on any atom is -0.493 e. The Hall–Kier alpha value is -2.35. The average molecular weight is 394 g/mol. The number of carbonyl (C=O) groups excluding carboxylic acids is 1. The Balaban J connectivity index is 1.70. The first kappa shape index (κ1) is 19.4. The van der Waals surface area contributed by atoms with E-state index < -0.39 is 5.82 Å². The van der Waals surface area contributed by atoms with Crippen molar-refractivity contribution in [1.29, 1.82) is 0 Å². The van der Waals surface area contributed by atoms with Gasteiger partial charge in [0.1, 0.15) is 5.82 Å². The largest absolute Gasteiger partial charge is 0.493 e. The van der Waals surface area contributed by atoms with Gasteiger partial charge >= 0.3 is 0 Å². The molecule has 2 unspecified atom stereocenters. The van der Waals surface area contributed by atoms with Crippen molar-refractivity contribution >= 4 is 17.5 Å². The van der Waals surface area contributed by atoms with Crippen LogP contribution >= 0.6 is 11.6 Å². The normalized spacial score (nSPS) is 19.0. The van der Waals surface area contributed by atoms with Gasteiger partial charge in [-0.1, -0.05) is 23.7 Å². The number of rotatable bonds is 6. The number of carbonyl (C=O) groups is 1. The number of nitrogens with one attached hydrogen (secondary N) is 3. The number of benzene rings is 2. The molecule has 144 valence electrons. The molecule has 6 nitrogen and oxygen atoms in total. The van der Waals surface area contributed by atoms with Gasteiger partial charge in [-0.3, -0.25) is 10.2 Å². The molecule has 0 aliphatic carbocycles. The van der Waals surface area contributed by atoms with Gasteiger partial charge in [-0.2, -0.15) is 0 Å². The van der Waals surface area contributed by atoms with E-state index in [2.05, 4.69) is 16.2 Å². The van der Waals surface area contributed by atoms with Crippen molar-refractivity contribution in [2.45, 2.75) is 12.6 Å². The van der Waals surface area contributed by atoms with E-state index in [9.17, 15) is 9.18 Å². The highest BCUT2D eigenvalue weighted by Gasteiger charge is 2.34. The fraction of sp³-hybridized carbons (Fsp3) is 0.316. The Kier molecular flexibility index (Phi) is 6.15. The minimum absolute atomic E-state index is 0.0363. The lowest BCUT2D eigenvalue weighted by Gasteiger charge is -2.20. The lowest BCUT2D eigenvalue weighted by Crippen LogP contribution is -2.34. The van der Waals surface area contributed by atoms with Crippen molar-refractivity contribution < 1.29 is 18.7 Å². The van der Waals surface area contributed by atoms with Crippen molar-refractivity contribution in [3.8, 4) is 11.5 Å². The first-order valence-electron chi connectivity index (χ1n) is 8.45. The third kappa shape index (κ3) is 4.32. The third-order valence-corrected chi connectivity index (χ3v) is 4.83. The van der Waals surface area contributed by atoms with Gasteiger partial charge < -0.3 is 14.8 Å². The molecular weight excluding hydrogens is 373 g/mol. The van der Waals surface area contributed by atoms with Crippen LogP contribution in [-0.4, -0.2) is 26.7 Å². The molecule has 0 saturated carbocycles. The van der Waals surface area contributed by atoms with Crippen molar-refractivity contribution in [1.82, 2.24) is 16.2 Å². The summed E-state index contributed by atoms with van der Waals surface area (Å²) in [6.45, 7) is 0.753. The number of hydrogen-bond donors (Lipinski definition) is 3. The summed E-state index contributed by atoms with van der Waals surface area (Å²) in [6, 6.07) is 9.72. The average Bonchev–Trinajstić information content (AvgIpc) is 3.18. The fourth-order valence-electron chi connectivity index (χ4n) is 3.07. The molecule has 0 aromatic heterocycles. The molecule has 1 aliphatic rings. The van der Waals surface area contributed by atoms with Gasteiger partial charge in [0.15, 0.2) is 11.5 Å². The number of hydrazine groups is 1. The zero-order valence-corrected chi connectivity index (χ0v) is 15.8. The molecule has 0 spiro atoms. The first-order chi connectivity index (χ1) is 13.0. The van der Waals surface area contributed by atoms with E-state index >= 15 is 0 Å². The van der Waals surface area contributed by atoms with E-state index in [-0.39, 0.29) is 29.4 Å². The summed E-state index contributed by atoms with van der Waals surface area (Å²) in [5.74, 6) is 0.307. The summed E-state index contributed by atoms with van der Waals surface area (Å²) < 4.78 is 23.8. The van der Waals surface area contributed by atoms with Crippen LogP contribution in [0.2, 0.25) is 5.02 Å². The maximum Gasteiger partial charge on any atom is 0.226 e. The fourth-order valence-corrected chi connectivity index (χ4v) is 3.28. The Morgan fingerprint density at radius 2 is 2.00 bits per heavy atom. The number of hydrogen-bond acceptors (Lipinski definition) is 5. The van der Waals surface area contributed by atoms with E-state index in [4.69, 9.17) is 21.1 Å². The standard InChI is InChI=1S/C19H21ClFN3O3/c1-26-16-6-4-12(8-17(16)27-2)18-13(10-23-24-18)19(25)22-9-11-3-5-15(21)14(20)7-11/h3-8,13,18,23-24H,9-10H2,1-2H3,(H,22,25). The number of methoxy groups -OCH3 is 2. The number of ether oxygens (including phenoxy) is 2. The SMILES string of the molecule is COc1ccc(C2NNCC2C(=O)NCc2ccc(F)c(Cl)c2)cc1OC. The van der Waals surface area contributed by atoms with Crippen molar-refractivity contribution in [3.05, 3.63) is 58.4 Å². The monoisotopic (exact) mass is 393 g/mol. The second-order valence-corrected chi connectivity index (χ2v) is 6.60. The summed E-state index contributed by atoms with van der Waals surface area (Å²) in [4.78, 5) is 12.7. The van der Waals surface area contributed by atoms with Gasteiger partial charge in [0, 0.05) is 13.1 Å². The van der Waals surface area contributed by atoms with Gasteiger partial charge in [-0.25, -0.2) is 9.82 Å². The van der Waals surface area contributed by atoms with E-state index in [0.717, 1.165) is 11.1 Å². The number of halogens is 2. The summed E-state index contributed by atoms with van der Waals surface area (Å²) in [5.41, 5.74) is 7.80. The lowest BCUT2D eigenvalue weighted by molar-refractivity contribution is -0.125. The maximum atomic E-state index is 13.2. The summed E-state index contributed by atoms with van der Waals surface area (Å²) in [7, 11) is 3.14. The zero-order valence-electron chi connectivity index (χ0n) is 15.0. The summed E-state index contributed by atoms with van der Waals surface area (Å²) in [5, 5.41) is 2.92. The third-order valence-electron chi connectivity index (χ3n) is 4.54. The van der Waals surface area contributed by atoms with Gasteiger partial charge in [-0.05, 0) is 35.4 Å². The highest BCUT2D eigenvalue weighted by molar-refractivity contribution is 6.30. The van der Waals surface area contributed by atoms with Crippen LogP contribution in [0.15, 0.2) is 36.4 Å². The Bertz CT molecular complexity index is 834. The van der Waals surface area contributed by atoms with Crippen LogP contribution in [0.1, 0.15) is 17.2 Å². The van der Waals surface area contributed by atoms with Gasteiger partial charge in [0.2, 0.25) is 5.91 Å². The van der Waals surface area contributed by atoms with Crippen molar-refractivity contribution in [2.75, 3.05) is 20.8 Å². The van der Waals surface area contributed by atoms with Crippen molar-refractivity contribution in [3.63, 3.8) is 0 Å². The predicted molar refractivity (Wildman–Crippen MR) is 100 cm³/mol. The second-order valence-electron chi connectivity index (χ2n) is 6.19. The zero-order chi connectivity index (χ0) is 19.4. The highest BCUT2D eigenvalue weighted by atomic mass is 35.5. The van der Waals surface area contributed by atoms with Crippen LogP contribution in [0.3, 0.4) is 0 Å². The molecule has 2 aromatic carbocycles. The molecule has 2 aromatic rings. The van der Waals surface area contributed by atoms with Crippen molar-refractivity contribution in [2.24, 2.45) is 5.92 Å². The van der Waals surface area contributed by atoms with E-state index in [1.165, 1.54) is 12.1 Å². The van der Waals surface area contributed by atoms with Crippen LogP contribution in [0, 0.1) is 11.7 Å². The first-order valence-corrected chi connectivity index (χ1v) is 8.83. The quantitative estimate of drug-likeness (QED) is 0.703. The van der Waals surface area contributed by atoms with Crippen LogP contribution in [0.4, 0.5) is 4.39 Å². The Morgan fingerprint density at radius 3 is 2.70 bits per heavy atom. The Morgan fingerprint density at radius 1 is 1.22 bits per heavy atom. The molecule has 8 heteroatoms. The molecule has 3 rings (SSSR count). The van der Waals surface area contributed by atoms with Crippen LogP contribution in [0.25, 0.3) is 0 Å². The van der Waals surface area contributed by atoms with Crippen LogP contribution in [0.5, 0.6) is 11.5 Å². The van der Waals surface area contributed by atoms with E-state index in [1.54, 1.807) is 20.3 Å². The molecule has 1 aliphatic heterocycles. The maximum absolute atomic E-state index is 13.2. The molecule has 1 saturated heterocycles. The predicted octanol–water partition coefficient (Wildman–Crippen LogP) is 2.58. The van der Waals surface area contributed by atoms with E-state index in [0.29, 0.717) is 18.0 Å². The molecule has 3 N–H and O–H groups in total. The van der Waals surface area contributed by atoms with Gasteiger partial charge in [0.25, 0.3) is 0 Å². The molecule has 0 radical (unpaired) electrons. The molecular formula is C19H21ClFN3O3. The van der Waals surface area contributed by atoms with Crippen LogP contribution < -0.4 is 25.6 Å². The lowest BCUT2D eigenvalue weighted by atomic mass is 9.93. The van der Waals surface area contributed by atoms with Crippen LogP contribution in [-0.2, 0) is 11.3 Å². The molecule has 2 atom stereocenters.